The molecular formula is C22H23N3OS2. The molecule has 2 aliphatic rings. The zero-order valence-electron chi connectivity index (χ0n) is 15.8. The first-order valence-electron chi connectivity index (χ1n) is 10.0. The highest BCUT2D eigenvalue weighted by Crippen LogP contribution is 2.39. The van der Waals surface area contributed by atoms with Crippen LogP contribution in [0.3, 0.4) is 0 Å². The van der Waals surface area contributed by atoms with Gasteiger partial charge in [-0.15, -0.1) is 21.5 Å². The average molecular weight is 410 g/mol. The second kappa shape index (κ2) is 7.84. The number of hydrogen-bond acceptors (Lipinski definition) is 5. The van der Waals surface area contributed by atoms with Crippen LogP contribution in [0.2, 0.25) is 0 Å². The molecule has 4 nitrogen and oxygen atoms in total. The van der Waals surface area contributed by atoms with Crippen molar-refractivity contribution in [2.75, 3.05) is 5.75 Å². The van der Waals surface area contributed by atoms with Crippen LogP contribution in [0.5, 0.6) is 0 Å². The van der Waals surface area contributed by atoms with Crippen LogP contribution in [0.15, 0.2) is 40.9 Å². The first-order chi connectivity index (χ1) is 13.8. The van der Waals surface area contributed by atoms with Crippen LogP contribution in [0.4, 0.5) is 0 Å². The molecular weight excluding hydrogens is 386 g/mol. The fourth-order valence-corrected chi connectivity index (χ4v) is 5.54. The van der Waals surface area contributed by atoms with Crippen LogP contribution < -0.4 is 0 Å². The molecule has 0 radical (unpaired) electrons. The minimum Gasteiger partial charge on any atom is -0.303 e. The smallest absolute Gasteiger partial charge is 0.191 e. The average Bonchev–Trinajstić information content (AvgIpc) is 3.28. The number of aryl methyl sites for hydroxylation is 2. The maximum atomic E-state index is 12.8. The highest BCUT2D eigenvalue weighted by atomic mass is 32.2. The molecule has 1 aromatic carbocycles. The summed E-state index contributed by atoms with van der Waals surface area (Å²) in [4.78, 5) is 14.1. The van der Waals surface area contributed by atoms with Gasteiger partial charge in [-0.2, -0.15) is 0 Å². The van der Waals surface area contributed by atoms with Crippen molar-refractivity contribution in [3.05, 3.63) is 63.1 Å². The van der Waals surface area contributed by atoms with Crippen LogP contribution in [-0.2, 0) is 19.3 Å². The van der Waals surface area contributed by atoms with E-state index in [1.54, 1.807) is 11.3 Å². The molecule has 0 spiro atoms. The predicted molar refractivity (Wildman–Crippen MR) is 114 cm³/mol. The molecule has 144 valence electrons. The molecule has 2 aromatic heterocycles. The minimum absolute atomic E-state index is 0.184. The van der Waals surface area contributed by atoms with Crippen molar-refractivity contribution < 1.29 is 4.79 Å². The van der Waals surface area contributed by atoms with E-state index >= 15 is 0 Å². The topological polar surface area (TPSA) is 47.8 Å². The molecule has 28 heavy (non-hydrogen) atoms. The van der Waals surface area contributed by atoms with Gasteiger partial charge < -0.3 is 4.57 Å². The summed E-state index contributed by atoms with van der Waals surface area (Å²) in [5.74, 6) is 1.63. The Labute approximate surface area is 173 Å². The number of carbonyl (C=O) groups excluding carboxylic acids is 1. The van der Waals surface area contributed by atoms with Gasteiger partial charge >= 0.3 is 0 Å². The number of hydrogen-bond donors (Lipinski definition) is 0. The van der Waals surface area contributed by atoms with Gasteiger partial charge in [0.25, 0.3) is 0 Å². The van der Waals surface area contributed by atoms with Gasteiger partial charge in [0.2, 0.25) is 0 Å². The summed E-state index contributed by atoms with van der Waals surface area (Å²) >= 11 is 3.28. The number of aromatic nitrogens is 3. The Morgan fingerprint density at radius 2 is 2.00 bits per heavy atom. The van der Waals surface area contributed by atoms with Crippen molar-refractivity contribution >= 4 is 28.9 Å². The van der Waals surface area contributed by atoms with E-state index in [4.69, 9.17) is 0 Å². The summed E-state index contributed by atoms with van der Waals surface area (Å²) in [6.45, 7) is 0. The van der Waals surface area contributed by atoms with E-state index in [0.717, 1.165) is 35.8 Å². The van der Waals surface area contributed by atoms with Crippen LogP contribution in [-0.4, -0.2) is 26.3 Å². The van der Waals surface area contributed by atoms with Gasteiger partial charge in [0.05, 0.1) is 5.75 Å². The number of thioether (sulfide) groups is 1. The second-order valence-corrected chi connectivity index (χ2v) is 9.63. The van der Waals surface area contributed by atoms with Crippen molar-refractivity contribution in [1.29, 1.82) is 0 Å². The van der Waals surface area contributed by atoms with Crippen LogP contribution >= 0.6 is 23.1 Å². The molecule has 0 saturated heterocycles. The van der Waals surface area contributed by atoms with Crippen molar-refractivity contribution in [2.24, 2.45) is 0 Å². The van der Waals surface area contributed by atoms with E-state index in [2.05, 4.69) is 44.4 Å². The van der Waals surface area contributed by atoms with E-state index in [1.165, 1.54) is 53.4 Å². The highest BCUT2D eigenvalue weighted by molar-refractivity contribution is 7.99. The Balaban J connectivity index is 1.30. The van der Waals surface area contributed by atoms with Crippen molar-refractivity contribution in [3.63, 3.8) is 0 Å². The van der Waals surface area contributed by atoms with Gasteiger partial charge in [0.15, 0.2) is 10.9 Å². The van der Waals surface area contributed by atoms with Crippen molar-refractivity contribution in [2.45, 2.75) is 56.1 Å². The van der Waals surface area contributed by atoms with Gasteiger partial charge in [0.1, 0.15) is 5.82 Å². The van der Waals surface area contributed by atoms with Gasteiger partial charge in [-0.3, -0.25) is 4.79 Å². The first kappa shape index (κ1) is 18.1. The lowest BCUT2D eigenvalue weighted by Gasteiger charge is -2.16. The molecule has 2 aliphatic carbocycles. The van der Waals surface area contributed by atoms with Crippen LogP contribution in [0.25, 0.3) is 0 Å². The van der Waals surface area contributed by atoms with Gasteiger partial charge in [-0.05, 0) is 67.2 Å². The largest absolute Gasteiger partial charge is 0.303 e. The maximum Gasteiger partial charge on any atom is 0.191 e. The quantitative estimate of drug-likeness (QED) is 0.401. The monoisotopic (exact) mass is 409 g/mol. The molecule has 3 aromatic rings. The van der Waals surface area contributed by atoms with E-state index < -0.39 is 0 Å². The molecule has 0 unspecified atom stereocenters. The summed E-state index contributed by atoms with van der Waals surface area (Å²) in [5.41, 5.74) is 3.62. The van der Waals surface area contributed by atoms with Gasteiger partial charge in [0, 0.05) is 22.9 Å². The third-order valence-corrected chi connectivity index (χ3v) is 7.38. The molecule has 1 saturated carbocycles. The number of ketones is 1. The molecule has 0 bridgehead atoms. The fourth-order valence-electron chi connectivity index (χ4n) is 3.92. The Kier molecular flexibility index (Phi) is 5.07. The third kappa shape index (κ3) is 3.80. The molecule has 2 heterocycles. The summed E-state index contributed by atoms with van der Waals surface area (Å²) in [5, 5.41) is 11.9. The molecule has 1 fully saturated rings. The van der Waals surface area contributed by atoms with E-state index in [0.29, 0.717) is 11.8 Å². The molecule has 0 aliphatic heterocycles. The number of Topliss-reactive ketones (excluding diaryl/α,β-unsaturated/α-hetero) is 1. The van der Waals surface area contributed by atoms with Gasteiger partial charge in [-0.25, -0.2) is 0 Å². The number of benzene rings is 1. The maximum absolute atomic E-state index is 12.8. The standard InChI is InChI=1S/C22H23N3OS2/c26-20(17-8-7-15-4-1-2-5-16(15)12-17)14-28-22-24-23-21(25(22)18-9-10-18)13-19-6-3-11-27-19/h3,6-8,11-12,18H,1-2,4-5,9-10,13-14H2. The normalized spacial score (nSPS) is 16.1. The fraction of sp³-hybridized carbons (Fsp3) is 0.409. The van der Waals surface area contributed by atoms with Crippen LogP contribution in [0.1, 0.15) is 63.9 Å². The number of nitrogens with zero attached hydrogens (tertiary/aromatic N) is 3. The molecule has 0 atom stereocenters. The lowest BCUT2D eigenvalue weighted by atomic mass is 9.90. The van der Waals surface area contributed by atoms with Crippen molar-refractivity contribution in [3.8, 4) is 0 Å². The van der Waals surface area contributed by atoms with Crippen molar-refractivity contribution in [1.82, 2.24) is 14.8 Å². The Hall–Kier alpha value is -1.92. The Morgan fingerprint density at radius 3 is 2.79 bits per heavy atom. The Bertz CT molecular complexity index is 989. The van der Waals surface area contributed by atoms with E-state index in [9.17, 15) is 4.79 Å². The van der Waals surface area contributed by atoms with E-state index in [1.807, 2.05) is 6.07 Å². The summed E-state index contributed by atoms with van der Waals surface area (Å²) in [6, 6.07) is 11.0. The summed E-state index contributed by atoms with van der Waals surface area (Å²) in [7, 11) is 0. The molecule has 0 N–H and O–H groups in total. The molecule has 5 rings (SSSR count). The molecule has 6 heteroatoms. The van der Waals surface area contributed by atoms with E-state index in [-0.39, 0.29) is 5.78 Å². The summed E-state index contributed by atoms with van der Waals surface area (Å²) < 4.78 is 2.27. The number of thiophene rings is 1. The van der Waals surface area contributed by atoms with Crippen LogP contribution in [0, 0.1) is 0 Å². The number of carbonyl (C=O) groups is 1. The highest BCUT2D eigenvalue weighted by Gasteiger charge is 2.30. The number of fused-ring (bicyclic) bond motifs is 1. The SMILES string of the molecule is O=C(CSc1nnc(Cc2cccs2)n1C1CC1)c1ccc2c(c1)CCCC2. The third-order valence-electron chi connectivity index (χ3n) is 5.56. The molecule has 0 amide bonds. The first-order valence-corrected chi connectivity index (χ1v) is 11.9. The zero-order chi connectivity index (χ0) is 18.9. The second-order valence-electron chi connectivity index (χ2n) is 7.66. The Morgan fingerprint density at radius 1 is 1.14 bits per heavy atom. The lowest BCUT2D eigenvalue weighted by Crippen LogP contribution is -2.09. The zero-order valence-corrected chi connectivity index (χ0v) is 17.4. The van der Waals surface area contributed by atoms with Gasteiger partial charge in [-0.1, -0.05) is 30.0 Å². The lowest BCUT2D eigenvalue weighted by molar-refractivity contribution is 0.102. The predicted octanol–water partition coefficient (Wildman–Crippen LogP) is 5.12. The minimum atomic E-state index is 0.184. The number of rotatable bonds is 7. The summed E-state index contributed by atoms with van der Waals surface area (Å²) in [6.07, 6.45) is 7.93.